The van der Waals surface area contributed by atoms with Crippen molar-refractivity contribution in [3.05, 3.63) is 0 Å². The third-order valence-electron chi connectivity index (χ3n) is 14.7. The van der Waals surface area contributed by atoms with Crippen molar-refractivity contribution < 1.29 is 10.2 Å². The van der Waals surface area contributed by atoms with Crippen LogP contribution in [-0.2, 0) is 0 Å². The molecule has 2 unspecified atom stereocenters. The summed E-state index contributed by atoms with van der Waals surface area (Å²) < 4.78 is 0. The molecule has 3 N–H and O–H groups in total. The van der Waals surface area contributed by atoms with Crippen molar-refractivity contribution in [2.75, 3.05) is 13.2 Å². The van der Waals surface area contributed by atoms with Crippen molar-refractivity contribution in [1.29, 1.82) is 0 Å². The molecule has 0 saturated heterocycles. The van der Waals surface area contributed by atoms with Gasteiger partial charge in [-0.3, -0.25) is 0 Å². The highest BCUT2D eigenvalue weighted by Crippen LogP contribution is 2.20. The topological polar surface area (TPSA) is 52.5 Å². The molecule has 0 spiro atoms. The van der Waals surface area contributed by atoms with Gasteiger partial charge < -0.3 is 15.5 Å². The molecule has 3 heteroatoms. The molecule has 0 aliphatic carbocycles. The first-order valence-corrected chi connectivity index (χ1v) is 30.3. The molecule has 0 aliphatic rings. The fourth-order valence-corrected chi connectivity index (χ4v) is 10.3. The molecule has 2 atom stereocenters. The number of hydrogen-bond acceptors (Lipinski definition) is 3. The van der Waals surface area contributed by atoms with Crippen LogP contribution in [0.5, 0.6) is 0 Å². The molecule has 0 heterocycles. The van der Waals surface area contributed by atoms with Gasteiger partial charge in [0.2, 0.25) is 0 Å². The van der Waals surface area contributed by atoms with Crippen molar-refractivity contribution in [2.24, 2.45) is 0 Å². The van der Waals surface area contributed by atoms with E-state index in [0.29, 0.717) is 12.1 Å². The first-order chi connectivity index (χ1) is 31.3. The number of rotatable bonds is 58. The van der Waals surface area contributed by atoms with Crippen LogP contribution >= 0.6 is 0 Å². The van der Waals surface area contributed by atoms with Gasteiger partial charge in [0, 0.05) is 25.3 Å². The number of hydrogen-bond donors (Lipinski definition) is 3. The first kappa shape index (κ1) is 62.9. The Balaban J connectivity index is 3.54. The summed E-state index contributed by atoms with van der Waals surface area (Å²) in [5.41, 5.74) is 0. The predicted octanol–water partition coefficient (Wildman–Crippen LogP) is 20.4. The summed E-state index contributed by atoms with van der Waals surface area (Å²) in [6.07, 6.45) is 75.8. The zero-order valence-electron chi connectivity index (χ0n) is 44.1. The molecule has 0 aromatic heterocycles. The van der Waals surface area contributed by atoms with Crippen LogP contribution in [0.25, 0.3) is 0 Å². The molecule has 3 nitrogen and oxygen atoms in total. The van der Waals surface area contributed by atoms with Crippen LogP contribution in [0.15, 0.2) is 0 Å². The summed E-state index contributed by atoms with van der Waals surface area (Å²) in [5, 5.41) is 23.4. The lowest BCUT2D eigenvalue weighted by Crippen LogP contribution is -2.39. The maximum atomic E-state index is 9.76. The Hall–Kier alpha value is -0.120. The van der Waals surface area contributed by atoms with Gasteiger partial charge in [0.1, 0.15) is 0 Å². The van der Waals surface area contributed by atoms with Crippen molar-refractivity contribution in [1.82, 2.24) is 5.32 Å². The molecule has 0 fully saturated rings. The highest BCUT2D eigenvalue weighted by Gasteiger charge is 2.15. The molecule has 0 aromatic rings. The zero-order valence-corrected chi connectivity index (χ0v) is 44.1. The van der Waals surface area contributed by atoms with Gasteiger partial charge in [-0.15, -0.1) is 0 Å². The quantitative estimate of drug-likeness (QED) is 0.0533. The third kappa shape index (κ3) is 54.4. The largest absolute Gasteiger partial charge is 0.396 e. The van der Waals surface area contributed by atoms with E-state index < -0.39 is 0 Å². The van der Waals surface area contributed by atoms with Crippen LogP contribution in [-0.4, -0.2) is 35.5 Å². The van der Waals surface area contributed by atoms with Gasteiger partial charge in [0.25, 0.3) is 0 Å². The van der Waals surface area contributed by atoms with Gasteiger partial charge >= 0.3 is 0 Å². The normalized spacial score (nSPS) is 12.8. The van der Waals surface area contributed by atoms with Crippen molar-refractivity contribution in [2.45, 2.75) is 373 Å². The van der Waals surface area contributed by atoms with Gasteiger partial charge in [-0.1, -0.05) is 335 Å². The van der Waals surface area contributed by atoms with Crippen LogP contribution in [0.2, 0.25) is 0 Å². The van der Waals surface area contributed by atoms with Crippen molar-refractivity contribution in [3.63, 3.8) is 0 Å². The standard InChI is InChI=1S/C60H123NO2/c1-3-5-7-9-11-13-15-17-19-21-23-25-27-29-31-33-35-37-39-41-43-45-47-49-51-53-59(55-57-62)61-60(56-58-63)54-52-50-48-46-44-42-40-38-36-34-32-30-28-26-24-22-20-18-16-14-12-10-8-6-4-2/h59-63H,3-58H2,1-2H3. The Labute approximate surface area is 399 Å². The van der Waals surface area contributed by atoms with E-state index in [1.165, 1.54) is 334 Å². The lowest BCUT2D eigenvalue weighted by molar-refractivity contribution is 0.224. The van der Waals surface area contributed by atoms with Crippen molar-refractivity contribution in [3.8, 4) is 0 Å². The SMILES string of the molecule is CCCCCCCCCCCCCCCCCCCCCCCCCCCC(CCO)NC(CCO)CCCCCCCCCCCCCCCCCCCCCCCCCCC. The highest BCUT2D eigenvalue weighted by atomic mass is 16.3. The first-order valence-electron chi connectivity index (χ1n) is 30.3. The summed E-state index contributed by atoms with van der Waals surface area (Å²) in [7, 11) is 0. The molecule has 380 valence electrons. The van der Waals surface area contributed by atoms with E-state index in [0.717, 1.165) is 12.8 Å². The fourth-order valence-electron chi connectivity index (χ4n) is 10.3. The lowest BCUT2D eigenvalue weighted by atomic mass is 9.99. The minimum absolute atomic E-state index is 0.266. The maximum absolute atomic E-state index is 9.76. The Morgan fingerprint density at radius 2 is 0.349 bits per heavy atom. The molecule has 0 saturated carbocycles. The van der Waals surface area contributed by atoms with E-state index in [1.54, 1.807) is 0 Å². The Morgan fingerprint density at radius 1 is 0.206 bits per heavy atom. The molecular weight excluding hydrogens is 767 g/mol. The molecule has 0 aromatic carbocycles. The van der Waals surface area contributed by atoms with Crippen molar-refractivity contribution >= 4 is 0 Å². The van der Waals surface area contributed by atoms with Gasteiger partial charge in [-0.25, -0.2) is 0 Å². The second kappa shape index (κ2) is 58.0. The van der Waals surface area contributed by atoms with E-state index in [2.05, 4.69) is 19.2 Å². The second-order valence-electron chi connectivity index (χ2n) is 21.1. The fraction of sp³-hybridized carbons (Fsp3) is 1.00. The van der Waals surface area contributed by atoms with Gasteiger partial charge in [0.05, 0.1) is 0 Å². The predicted molar refractivity (Wildman–Crippen MR) is 286 cm³/mol. The Morgan fingerprint density at radius 3 is 0.492 bits per heavy atom. The average Bonchev–Trinajstić information content (AvgIpc) is 3.29. The van der Waals surface area contributed by atoms with Gasteiger partial charge in [-0.05, 0) is 25.7 Å². The second-order valence-corrected chi connectivity index (χ2v) is 21.1. The number of aliphatic hydroxyl groups excluding tert-OH is 2. The minimum Gasteiger partial charge on any atom is -0.396 e. The molecule has 0 aliphatic heterocycles. The van der Waals surface area contributed by atoms with E-state index in [4.69, 9.17) is 0 Å². The smallest absolute Gasteiger partial charge is 0.0445 e. The average molecular weight is 891 g/mol. The summed E-state index contributed by atoms with van der Waals surface area (Å²) >= 11 is 0. The zero-order chi connectivity index (χ0) is 45.5. The lowest BCUT2D eigenvalue weighted by Gasteiger charge is -2.25. The monoisotopic (exact) mass is 890 g/mol. The van der Waals surface area contributed by atoms with E-state index in [1.807, 2.05) is 0 Å². The summed E-state index contributed by atoms with van der Waals surface area (Å²) in [6.45, 7) is 5.15. The maximum Gasteiger partial charge on any atom is 0.0445 e. The summed E-state index contributed by atoms with van der Waals surface area (Å²) in [4.78, 5) is 0. The highest BCUT2D eigenvalue weighted by molar-refractivity contribution is 4.75. The Kier molecular flexibility index (Phi) is 57.9. The molecule has 0 radical (unpaired) electrons. The third-order valence-corrected chi connectivity index (χ3v) is 14.7. The van der Waals surface area contributed by atoms with Gasteiger partial charge in [-0.2, -0.15) is 0 Å². The molecule has 0 amide bonds. The van der Waals surface area contributed by atoms with E-state index >= 15 is 0 Å². The minimum atomic E-state index is 0.266. The van der Waals surface area contributed by atoms with Crippen LogP contribution in [0.3, 0.4) is 0 Å². The van der Waals surface area contributed by atoms with Crippen LogP contribution in [0.1, 0.15) is 361 Å². The van der Waals surface area contributed by atoms with Crippen LogP contribution in [0.4, 0.5) is 0 Å². The Bertz CT molecular complexity index is 711. The van der Waals surface area contributed by atoms with E-state index in [9.17, 15) is 10.2 Å². The van der Waals surface area contributed by atoms with E-state index in [-0.39, 0.29) is 13.2 Å². The number of unbranched alkanes of at least 4 members (excludes halogenated alkanes) is 48. The molecule has 63 heavy (non-hydrogen) atoms. The molecule has 0 rings (SSSR count). The molecular formula is C60H123NO2. The van der Waals surface area contributed by atoms with Crippen LogP contribution < -0.4 is 5.32 Å². The summed E-state index contributed by atoms with van der Waals surface area (Å²) in [6, 6.07) is 0.797. The molecule has 0 bridgehead atoms. The van der Waals surface area contributed by atoms with Gasteiger partial charge in [0.15, 0.2) is 0 Å². The van der Waals surface area contributed by atoms with Crippen LogP contribution in [0, 0.1) is 0 Å². The summed E-state index contributed by atoms with van der Waals surface area (Å²) in [5.74, 6) is 0. The number of aliphatic hydroxyl groups is 2. The number of nitrogens with one attached hydrogen (secondary N) is 1.